The molecule has 0 amide bonds. The van der Waals surface area contributed by atoms with Gasteiger partial charge in [0, 0.05) is 23.8 Å². The lowest BCUT2D eigenvalue weighted by Crippen LogP contribution is -2.23. The minimum absolute atomic E-state index is 0.894. The van der Waals surface area contributed by atoms with Crippen molar-refractivity contribution in [2.24, 2.45) is 0 Å². The first-order valence-electron chi connectivity index (χ1n) is 6.11. The van der Waals surface area contributed by atoms with Gasteiger partial charge in [-0.1, -0.05) is 30.3 Å². The highest BCUT2D eigenvalue weighted by Crippen LogP contribution is 2.21. The zero-order chi connectivity index (χ0) is 13.0. The molecule has 0 saturated carbocycles. The fourth-order valence-electron chi connectivity index (χ4n) is 1.86. The maximum Gasteiger partial charge on any atom is 0.129 e. The maximum atomic E-state index is 4.49. The second kappa shape index (κ2) is 6.01. The molecule has 0 saturated heterocycles. The molecule has 2 aromatic rings. The third-order valence-corrected chi connectivity index (χ3v) is 3.78. The third kappa shape index (κ3) is 3.10. The lowest BCUT2D eigenvalue weighted by atomic mass is 10.2. The lowest BCUT2D eigenvalue weighted by Gasteiger charge is -2.22. The average molecular weight is 305 g/mol. The smallest absolute Gasteiger partial charge is 0.129 e. The van der Waals surface area contributed by atoms with Gasteiger partial charge in [-0.3, -0.25) is 0 Å². The first kappa shape index (κ1) is 13.1. The Balaban J connectivity index is 2.20. The molecule has 0 atom stereocenters. The topological polar surface area (TPSA) is 16.1 Å². The van der Waals surface area contributed by atoms with Crippen LogP contribution in [-0.2, 0) is 6.54 Å². The van der Waals surface area contributed by atoms with Crippen molar-refractivity contribution in [1.82, 2.24) is 4.98 Å². The lowest BCUT2D eigenvalue weighted by molar-refractivity contribution is 0.812. The highest BCUT2D eigenvalue weighted by Gasteiger charge is 2.07. The van der Waals surface area contributed by atoms with Gasteiger partial charge in [0.25, 0.3) is 0 Å². The predicted molar refractivity (Wildman–Crippen MR) is 79.8 cm³/mol. The van der Waals surface area contributed by atoms with Crippen LogP contribution in [0.15, 0.2) is 47.1 Å². The summed E-state index contributed by atoms with van der Waals surface area (Å²) < 4.78 is 1.06. The minimum atomic E-state index is 0.894. The van der Waals surface area contributed by atoms with Crippen molar-refractivity contribution in [3.63, 3.8) is 0 Å². The van der Waals surface area contributed by atoms with E-state index in [1.54, 1.807) is 0 Å². The van der Waals surface area contributed by atoms with E-state index in [1.165, 1.54) is 11.1 Å². The highest BCUT2D eigenvalue weighted by molar-refractivity contribution is 9.10. The highest BCUT2D eigenvalue weighted by atomic mass is 79.9. The Morgan fingerprint density at radius 1 is 1.22 bits per heavy atom. The van der Waals surface area contributed by atoms with Crippen LogP contribution in [-0.4, -0.2) is 11.5 Å². The molecule has 0 spiro atoms. The van der Waals surface area contributed by atoms with Crippen molar-refractivity contribution in [1.29, 1.82) is 0 Å². The van der Waals surface area contributed by atoms with Crippen molar-refractivity contribution in [3.8, 4) is 0 Å². The number of anilines is 1. The molecule has 0 aliphatic carbocycles. The molecule has 0 bridgehead atoms. The van der Waals surface area contributed by atoms with Crippen LogP contribution in [0.1, 0.15) is 18.1 Å². The van der Waals surface area contributed by atoms with Crippen LogP contribution in [0.2, 0.25) is 0 Å². The number of benzene rings is 1. The van der Waals surface area contributed by atoms with E-state index >= 15 is 0 Å². The monoisotopic (exact) mass is 304 g/mol. The van der Waals surface area contributed by atoms with E-state index in [0.29, 0.717) is 0 Å². The molecule has 1 aromatic carbocycles. The summed E-state index contributed by atoms with van der Waals surface area (Å²) in [5.41, 5.74) is 2.52. The van der Waals surface area contributed by atoms with Gasteiger partial charge in [-0.05, 0) is 47.0 Å². The van der Waals surface area contributed by atoms with Crippen molar-refractivity contribution >= 4 is 21.7 Å². The van der Waals surface area contributed by atoms with Crippen molar-refractivity contribution in [2.45, 2.75) is 20.4 Å². The van der Waals surface area contributed by atoms with Crippen LogP contribution in [0.3, 0.4) is 0 Å². The SMILES string of the molecule is CCN(Cc1ccccc1)c1cc(C)c(Br)cn1. The Morgan fingerprint density at radius 3 is 2.56 bits per heavy atom. The van der Waals surface area contributed by atoms with Crippen molar-refractivity contribution in [2.75, 3.05) is 11.4 Å². The molecule has 0 fully saturated rings. The second-order valence-corrected chi connectivity index (χ2v) is 5.15. The van der Waals surface area contributed by atoms with E-state index in [0.717, 1.165) is 23.4 Å². The molecule has 0 aliphatic rings. The fourth-order valence-corrected chi connectivity index (χ4v) is 2.07. The summed E-state index contributed by atoms with van der Waals surface area (Å²) in [6, 6.07) is 12.6. The second-order valence-electron chi connectivity index (χ2n) is 4.29. The van der Waals surface area contributed by atoms with Gasteiger partial charge in [-0.2, -0.15) is 0 Å². The van der Waals surface area contributed by atoms with Crippen LogP contribution >= 0.6 is 15.9 Å². The third-order valence-electron chi connectivity index (χ3n) is 2.95. The predicted octanol–water partition coefficient (Wildman–Crippen LogP) is 4.18. The Morgan fingerprint density at radius 2 is 1.94 bits per heavy atom. The summed E-state index contributed by atoms with van der Waals surface area (Å²) in [6.45, 7) is 6.09. The summed E-state index contributed by atoms with van der Waals surface area (Å²) in [5.74, 6) is 1.03. The standard InChI is InChI=1S/C15H17BrN2/c1-3-18(11-13-7-5-4-6-8-13)15-9-12(2)14(16)10-17-15/h4-10H,3,11H2,1-2H3. The van der Waals surface area contributed by atoms with Crippen LogP contribution in [0.4, 0.5) is 5.82 Å². The summed E-state index contributed by atoms with van der Waals surface area (Å²) in [4.78, 5) is 6.76. The zero-order valence-electron chi connectivity index (χ0n) is 10.7. The molecule has 2 nitrogen and oxygen atoms in total. The Hall–Kier alpha value is -1.35. The molecule has 0 aliphatic heterocycles. The van der Waals surface area contributed by atoms with Crippen LogP contribution < -0.4 is 4.90 Å². The summed E-state index contributed by atoms with van der Waals surface area (Å²) in [7, 11) is 0. The number of aryl methyl sites for hydroxylation is 1. The quantitative estimate of drug-likeness (QED) is 0.842. The summed E-state index contributed by atoms with van der Waals surface area (Å²) in [5, 5.41) is 0. The molecule has 0 N–H and O–H groups in total. The summed E-state index contributed by atoms with van der Waals surface area (Å²) >= 11 is 3.49. The molecule has 18 heavy (non-hydrogen) atoms. The first-order chi connectivity index (χ1) is 8.70. The van der Waals surface area contributed by atoms with Crippen molar-refractivity contribution in [3.05, 3.63) is 58.2 Å². The van der Waals surface area contributed by atoms with E-state index < -0.39 is 0 Å². The van der Waals surface area contributed by atoms with Gasteiger partial charge in [0.2, 0.25) is 0 Å². The largest absolute Gasteiger partial charge is 0.353 e. The van der Waals surface area contributed by atoms with Gasteiger partial charge in [-0.15, -0.1) is 0 Å². The van der Waals surface area contributed by atoms with Gasteiger partial charge < -0.3 is 4.90 Å². The van der Waals surface area contributed by atoms with E-state index in [9.17, 15) is 0 Å². The molecule has 1 aromatic heterocycles. The van der Waals surface area contributed by atoms with Crippen LogP contribution in [0.5, 0.6) is 0 Å². The number of pyridine rings is 1. The minimum Gasteiger partial charge on any atom is -0.353 e. The fraction of sp³-hybridized carbons (Fsp3) is 0.267. The number of halogens is 1. The molecule has 1 heterocycles. The Bertz CT molecular complexity index is 511. The molecule has 2 rings (SSSR count). The molecule has 94 valence electrons. The molecular weight excluding hydrogens is 288 g/mol. The molecule has 3 heteroatoms. The van der Waals surface area contributed by atoms with Gasteiger partial charge in [-0.25, -0.2) is 4.98 Å². The van der Waals surface area contributed by atoms with E-state index in [4.69, 9.17) is 0 Å². The number of aromatic nitrogens is 1. The van der Waals surface area contributed by atoms with Gasteiger partial charge in [0.15, 0.2) is 0 Å². The van der Waals surface area contributed by atoms with Crippen LogP contribution in [0.25, 0.3) is 0 Å². The van der Waals surface area contributed by atoms with Crippen molar-refractivity contribution < 1.29 is 0 Å². The maximum absolute atomic E-state index is 4.49. The van der Waals surface area contributed by atoms with Crippen LogP contribution in [0, 0.1) is 6.92 Å². The Labute approximate surface area is 117 Å². The molecule has 0 radical (unpaired) electrons. The normalized spacial score (nSPS) is 10.4. The van der Waals surface area contributed by atoms with Gasteiger partial charge >= 0.3 is 0 Å². The number of rotatable bonds is 4. The van der Waals surface area contributed by atoms with Gasteiger partial charge in [0.1, 0.15) is 5.82 Å². The molecular formula is C15H17BrN2. The summed E-state index contributed by atoms with van der Waals surface area (Å²) in [6.07, 6.45) is 1.87. The number of nitrogens with zero attached hydrogens (tertiary/aromatic N) is 2. The Kier molecular flexibility index (Phi) is 4.37. The van der Waals surface area contributed by atoms with E-state index in [1.807, 2.05) is 12.3 Å². The van der Waals surface area contributed by atoms with E-state index in [2.05, 4.69) is 70.0 Å². The number of hydrogen-bond donors (Lipinski definition) is 0. The number of hydrogen-bond acceptors (Lipinski definition) is 2. The van der Waals surface area contributed by atoms with Gasteiger partial charge in [0.05, 0.1) is 0 Å². The van der Waals surface area contributed by atoms with E-state index in [-0.39, 0.29) is 0 Å². The zero-order valence-corrected chi connectivity index (χ0v) is 12.3. The first-order valence-corrected chi connectivity index (χ1v) is 6.91. The molecule has 0 unspecified atom stereocenters. The average Bonchev–Trinajstić information content (AvgIpc) is 2.40.